The van der Waals surface area contributed by atoms with Gasteiger partial charge in [0.1, 0.15) is 5.01 Å². The van der Waals surface area contributed by atoms with Crippen LogP contribution in [0.1, 0.15) is 43.3 Å². The molecular weight excluding hydrogens is 288 g/mol. The number of rotatable bonds is 6. The van der Waals surface area contributed by atoms with Crippen LogP contribution >= 0.6 is 22.7 Å². The molecule has 20 heavy (non-hydrogen) atoms. The summed E-state index contributed by atoms with van der Waals surface area (Å²) >= 11 is 3.30. The average molecular weight is 308 g/mol. The number of hydrogen-bond donors (Lipinski definition) is 1. The molecule has 1 aliphatic rings. The number of nitrogen functional groups attached to an aromatic ring is 1. The van der Waals surface area contributed by atoms with Crippen LogP contribution in [0.5, 0.6) is 0 Å². The van der Waals surface area contributed by atoms with E-state index in [-0.39, 0.29) is 0 Å². The molecule has 2 aromatic heterocycles. The van der Waals surface area contributed by atoms with Crippen molar-refractivity contribution in [1.29, 1.82) is 0 Å². The van der Waals surface area contributed by atoms with Crippen LogP contribution in [0.15, 0.2) is 5.38 Å². The minimum atomic E-state index is 0.639. The second-order valence-electron chi connectivity index (χ2n) is 5.13. The first-order chi connectivity index (χ1) is 9.71. The van der Waals surface area contributed by atoms with Crippen molar-refractivity contribution in [3.05, 3.63) is 16.1 Å². The van der Waals surface area contributed by atoms with E-state index >= 15 is 0 Å². The number of aromatic nitrogens is 2. The van der Waals surface area contributed by atoms with E-state index in [0.717, 1.165) is 25.3 Å². The summed E-state index contributed by atoms with van der Waals surface area (Å²) in [6.07, 6.45) is 2.53. The normalized spacial score (nSPS) is 15.2. The molecule has 0 aromatic carbocycles. The first-order valence-corrected chi connectivity index (χ1v) is 8.84. The van der Waals surface area contributed by atoms with Crippen molar-refractivity contribution in [2.45, 2.75) is 39.2 Å². The Labute approximate surface area is 127 Å². The monoisotopic (exact) mass is 308 g/mol. The Morgan fingerprint density at radius 3 is 2.60 bits per heavy atom. The molecule has 0 bridgehead atoms. The maximum Gasteiger partial charge on any atom is 0.180 e. The predicted octanol–water partition coefficient (Wildman–Crippen LogP) is 3.57. The summed E-state index contributed by atoms with van der Waals surface area (Å²) in [4.78, 5) is 13.0. The molecule has 1 aliphatic carbocycles. The third-order valence-corrected chi connectivity index (χ3v) is 5.42. The van der Waals surface area contributed by atoms with Gasteiger partial charge in [0, 0.05) is 11.3 Å². The highest BCUT2D eigenvalue weighted by molar-refractivity contribution is 7.16. The van der Waals surface area contributed by atoms with Gasteiger partial charge in [-0.1, -0.05) is 13.8 Å². The lowest BCUT2D eigenvalue weighted by Gasteiger charge is -2.15. The molecule has 4 nitrogen and oxygen atoms in total. The Kier molecular flexibility index (Phi) is 4.05. The van der Waals surface area contributed by atoms with Crippen LogP contribution < -0.4 is 5.73 Å². The molecular formula is C14H20N4S2. The van der Waals surface area contributed by atoms with E-state index in [4.69, 9.17) is 10.7 Å². The number of thiazole rings is 2. The molecule has 1 fully saturated rings. The first-order valence-electron chi connectivity index (χ1n) is 7.14. The molecule has 2 aromatic rings. The minimum absolute atomic E-state index is 0.639. The predicted molar refractivity (Wildman–Crippen MR) is 86.2 cm³/mol. The number of nitrogens with zero attached hydrogens (tertiary/aromatic N) is 3. The molecule has 0 atom stereocenters. The second kappa shape index (κ2) is 5.79. The van der Waals surface area contributed by atoms with Crippen molar-refractivity contribution in [2.75, 3.05) is 18.8 Å². The van der Waals surface area contributed by atoms with Gasteiger partial charge >= 0.3 is 0 Å². The van der Waals surface area contributed by atoms with Crippen LogP contribution in [0.3, 0.4) is 0 Å². The van der Waals surface area contributed by atoms with Gasteiger partial charge < -0.3 is 5.73 Å². The Morgan fingerprint density at radius 1 is 1.30 bits per heavy atom. The molecule has 0 saturated heterocycles. The summed E-state index contributed by atoms with van der Waals surface area (Å²) in [6, 6.07) is 0. The highest BCUT2D eigenvalue weighted by Gasteiger charge is 2.31. The lowest BCUT2D eigenvalue weighted by atomic mass is 10.2. The van der Waals surface area contributed by atoms with Gasteiger partial charge in [0.2, 0.25) is 0 Å². The first kappa shape index (κ1) is 14.0. The topological polar surface area (TPSA) is 55.0 Å². The summed E-state index contributed by atoms with van der Waals surface area (Å²) in [6.45, 7) is 7.46. The van der Waals surface area contributed by atoms with Crippen LogP contribution in [0.2, 0.25) is 0 Å². The smallest absolute Gasteiger partial charge is 0.180 e. The Bertz CT molecular complexity index is 582. The molecule has 0 unspecified atom stereocenters. The van der Waals surface area contributed by atoms with E-state index < -0.39 is 0 Å². The SMILES string of the molecule is CCN(CC)Cc1nc(C2CC2)c(-c2csc(N)n2)s1. The lowest BCUT2D eigenvalue weighted by Crippen LogP contribution is -2.21. The summed E-state index contributed by atoms with van der Waals surface area (Å²) in [7, 11) is 0. The Balaban J connectivity index is 1.90. The van der Waals surface area contributed by atoms with E-state index in [1.54, 1.807) is 11.3 Å². The maximum atomic E-state index is 5.77. The highest BCUT2D eigenvalue weighted by atomic mass is 32.1. The van der Waals surface area contributed by atoms with E-state index in [0.29, 0.717) is 11.0 Å². The van der Waals surface area contributed by atoms with Crippen molar-refractivity contribution < 1.29 is 0 Å². The number of nitrogens with two attached hydrogens (primary N) is 1. The summed E-state index contributed by atoms with van der Waals surface area (Å²) in [5, 5.41) is 3.90. The standard InChI is InChI=1S/C14H20N4S2/c1-3-18(4-2)7-11-17-12(9-5-6-9)13(20-11)10-8-19-14(15)16-10/h8-9H,3-7H2,1-2H3,(H2,15,16). The third-order valence-electron chi connectivity index (χ3n) is 3.67. The van der Waals surface area contributed by atoms with Crippen LogP contribution in [-0.2, 0) is 6.54 Å². The number of hydrogen-bond acceptors (Lipinski definition) is 6. The van der Waals surface area contributed by atoms with Gasteiger partial charge in [-0.15, -0.1) is 22.7 Å². The van der Waals surface area contributed by atoms with Crippen LogP contribution in [-0.4, -0.2) is 28.0 Å². The van der Waals surface area contributed by atoms with E-state index in [9.17, 15) is 0 Å². The van der Waals surface area contributed by atoms with Gasteiger partial charge in [0.15, 0.2) is 5.13 Å². The van der Waals surface area contributed by atoms with Crippen molar-refractivity contribution in [3.8, 4) is 10.6 Å². The Morgan fingerprint density at radius 2 is 2.05 bits per heavy atom. The summed E-state index contributed by atoms with van der Waals surface area (Å²) in [5.74, 6) is 0.648. The quantitative estimate of drug-likeness (QED) is 0.886. The zero-order chi connectivity index (χ0) is 14.1. The van der Waals surface area contributed by atoms with Gasteiger partial charge in [-0.05, 0) is 25.9 Å². The molecule has 2 heterocycles. The number of anilines is 1. The zero-order valence-corrected chi connectivity index (χ0v) is 13.6. The summed E-state index contributed by atoms with van der Waals surface area (Å²) in [5.41, 5.74) is 8.04. The molecule has 6 heteroatoms. The maximum absolute atomic E-state index is 5.77. The fourth-order valence-electron chi connectivity index (χ4n) is 2.29. The van der Waals surface area contributed by atoms with E-state index in [1.807, 2.05) is 0 Å². The van der Waals surface area contributed by atoms with Crippen LogP contribution in [0, 0.1) is 0 Å². The van der Waals surface area contributed by atoms with Gasteiger partial charge in [-0.2, -0.15) is 0 Å². The van der Waals surface area contributed by atoms with E-state index in [2.05, 4.69) is 29.1 Å². The molecule has 2 N–H and O–H groups in total. The van der Waals surface area contributed by atoms with Crippen molar-refractivity contribution in [3.63, 3.8) is 0 Å². The third kappa shape index (κ3) is 2.87. The van der Waals surface area contributed by atoms with Gasteiger partial charge in [0.05, 0.1) is 22.8 Å². The average Bonchev–Trinajstić information content (AvgIpc) is 3.07. The largest absolute Gasteiger partial charge is 0.375 e. The van der Waals surface area contributed by atoms with Crippen LogP contribution in [0.4, 0.5) is 5.13 Å². The zero-order valence-electron chi connectivity index (χ0n) is 11.9. The lowest BCUT2D eigenvalue weighted by molar-refractivity contribution is 0.295. The minimum Gasteiger partial charge on any atom is -0.375 e. The van der Waals surface area contributed by atoms with Crippen LogP contribution in [0.25, 0.3) is 10.6 Å². The molecule has 3 rings (SSSR count). The van der Waals surface area contributed by atoms with Gasteiger partial charge in [0.25, 0.3) is 0 Å². The molecule has 0 amide bonds. The molecule has 0 aliphatic heterocycles. The highest BCUT2D eigenvalue weighted by Crippen LogP contribution is 2.46. The van der Waals surface area contributed by atoms with Gasteiger partial charge in [-0.25, -0.2) is 9.97 Å². The van der Waals surface area contributed by atoms with Crippen molar-refractivity contribution >= 4 is 27.8 Å². The molecule has 0 spiro atoms. The fraction of sp³-hybridized carbons (Fsp3) is 0.571. The summed E-state index contributed by atoms with van der Waals surface area (Å²) < 4.78 is 0. The molecule has 1 saturated carbocycles. The van der Waals surface area contributed by atoms with Crippen molar-refractivity contribution in [1.82, 2.24) is 14.9 Å². The Hall–Kier alpha value is -0.980. The van der Waals surface area contributed by atoms with Crippen molar-refractivity contribution in [2.24, 2.45) is 0 Å². The van der Waals surface area contributed by atoms with Gasteiger partial charge in [-0.3, -0.25) is 4.90 Å². The molecule has 108 valence electrons. The molecule has 0 radical (unpaired) electrons. The fourth-order valence-corrected chi connectivity index (χ4v) is 4.07. The van der Waals surface area contributed by atoms with E-state index in [1.165, 1.54) is 39.8 Å². The second-order valence-corrected chi connectivity index (χ2v) is 7.10.